The van der Waals surface area contributed by atoms with Crippen molar-refractivity contribution in [1.82, 2.24) is 9.78 Å². The second-order valence-corrected chi connectivity index (χ2v) is 4.18. The van der Waals surface area contributed by atoms with Gasteiger partial charge in [0, 0.05) is 0 Å². The molecule has 0 saturated carbocycles. The Balaban J connectivity index is 2.45. The van der Waals surface area contributed by atoms with Crippen molar-refractivity contribution < 1.29 is 0 Å². The van der Waals surface area contributed by atoms with Crippen LogP contribution in [0, 0.1) is 0 Å². The highest BCUT2D eigenvalue weighted by Gasteiger charge is 2.09. The van der Waals surface area contributed by atoms with Crippen molar-refractivity contribution in [3.05, 3.63) is 47.2 Å². The number of halogens is 1. The first-order valence-corrected chi connectivity index (χ1v) is 5.37. The number of aromatic nitrogens is 2. The van der Waals surface area contributed by atoms with E-state index in [4.69, 9.17) is 11.6 Å². The highest BCUT2D eigenvalue weighted by atomic mass is 35.5. The molecule has 0 bridgehead atoms. The predicted octanol–water partition coefficient (Wildman–Crippen LogP) is 3.65. The minimum absolute atomic E-state index is 0.396. The predicted molar refractivity (Wildman–Crippen MR) is 62.7 cm³/mol. The maximum absolute atomic E-state index is 6.12. The smallest absolute Gasteiger partial charge is 0.133 e. The Morgan fingerprint density at radius 3 is 2.40 bits per heavy atom. The van der Waals surface area contributed by atoms with Gasteiger partial charge in [-0.15, -0.1) is 0 Å². The van der Waals surface area contributed by atoms with Gasteiger partial charge in [0.05, 0.1) is 11.4 Å². The molecule has 78 valence electrons. The van der Waals surface area contributed by atoms with E-state index >= 15 is 0 Å². The van der Waals surface area contributed by atoms with E-state index in [9.17, 15) is 0 Å². The zero-order chi connectivity index (χ0) is 10.8. The second kappa shape index (κ2) is 4.07. The molecule has 2 aromatic rings. The van der Waals surface area contributed by atoms with Gasteiger partial charge < -0.3 is 0 Å². The molecule has 1 heterocycles. The Hall–Kier alpha value is -1.28. The van der Waals surface area contributed by atoms with E-state index in [1.54, 1.807) is 4.68 Å². The fraction of sp³-hybridized carbons (Fsp3) is 0.250. The van der Waals surface area contributed by atoms with E-state index in [1.807, 2.05) is 36.4 Å². The molecule has 2 rings (SSSR count). The van der Waals surface area contributed by atoms with Crippen molar-refractivity contribution in [2.75, 3.05) is 0 Å². The van der Waals surface area contributed by atoms with Gasteiger partial charge >= 0.3 is 0 Å². The zero-order valence-corrected chi connectivity index (χ0v) is 9.57. The average molecular weight is 221 g/mol. The van der Waals surface area contributed by atoms with Crippen LogP contribution in [0.25, 0.3) is 5.69 Å². The minimum atomic E-state index is 0.396. The van der Waals surface area contributed by atoms with Gasteiger partial charge in [-0.25, -0.2) is 4.68 Å². The summed E-state index contributed by atoms with van der Waals surface area (Å²) in [6.45, 7) is 4.21. The Labute approximate surface area is 94.5 Å². The second-order valence-electron chi connectivity index (χ2n) is 3.79. The van der Waals surface area contributed by atoms with Crippen molar-refractivity contribution in [2.24, 2.45) is 0 Å². The number of nitrogens with zero attached hydrogens (tertiary/aromatic N) is 2. The van der Waals surface area contributed by atoms with Crippen LogP contribution < -0.4 is 0 Å². The lowest BCUT2D eigenvalue weighted by atomic mass is 10.1. The number of hydrogen-bond donors (Lipinski definition) is 0. The molecule has 1 aromatic heterocycles. The lowest BCUT2D eigenvalue weighted by Crippen LogP contribution is -1.97. The quantitative estimate of drug-likeness (QED) is 0.756. The van der Waals surface area contributed by atoms with E-state index in [2.05, 4.69) is 18.9 Å². The van der Waals surface area contributed by atoms with Crippen LogP contribution >= 0.6 is 11.6 Å². The van der Waals surface area contributed by atoms with E-state index < -0.39 is 0 Å². The fourth-order valence-electron chi connectivity index (χ4n) is 1.41. The van der Waals surface area contributed by atoms with Crippen LogP contribution in [0.1, 0.15) is 25.5 Å². The summed E-state index contributed by atoms with van der Waals surface area (Å²) in [5.41, 5.74) is 2.01. The summed E-state index contributed by atoms with van der Waals surface area (Å²) in [6.07, 6.45) is 0. The summed E-state index contributed by atoms with van der Waals surface area (Å²) >= 11 is 6.12. The van der Waals surface area contributed by atoms with Crippen molar-refractivity contribution in [2.45, 2.75) is 19.8 Å². The molecule has 2 nitrogen and oxygen atoms in total. The molecule has 0 N–H and O–H groups in total. The third-order valence-corrected chi connectivity index (χ3v) is 2.55. The number of rotatable bonds is 2. The molecule has 0 spiro atoms. The Bertz CT molecular complexity index is 446. The third-order valence-electron chi connectivity index (χ3n) is 2.28. The van der Waals surface area contributed by atoms with Gasteiger partial charge in [0.15, 0.2) is 0 Å². The zero-order valence-electron chi connectivity index (χ0n) is 8.81. The standard InChI is InChI=1S/C12H13ClN2/c1-9(2)11-8-12(13)15(14-11)10-6-4-3-5-7-10/h3-9H,1-2H3. The van der Waals surface area contributed by atoms with Crippen LogP contribution in [-0.2, 0) is 0 Å². The molecule has 0 aliphatic rings. The van der Waals surface area contributed by atoms with Gasteiger partial charge in [-0.2, -0.15) is 5.10 Å². The summed E-state index contributed by atoms with van der Waals surface area (Å²) < 4.78 is 1.76. The molecule has 0 radical (unpaired) electrons. The Kier molecular flexibility index (Phi) is 2.78. The maximum atomic E-state index is 6.12. The first-order valence-electron chi connectivity index (χ1n) is 4.99. The van der Waals surface area contributed by atoms with Crippen LogP contribution in [0.2, 0.25) is 5.15 Å². The summed E-state index contributed by atoms with van der Waals surface area (Å²) in [6, 6.07) is 11.8. The van der Waals surface area contributed by atoms with Gasteiger partial charge in [0.25, 0.3) is 0 Å². The first kappa shape index (κ1) is 10.2. The number of benzene rings is 1. The van der Waals surface area contributed by atoms with Gasteiger partial charge in [-0.1, -0.05) is 43.6 Å². The molecule has 0 atom stereocenters. The highest BCUT2D eigenvalue weighted by molar-refractivity contribution is 6.29. The summed E-state index contributed by atoms with van der Waals surface area (Å²) in [4.78, 5) is 0. The van der Waals surface area contributed by atoms with E-state index in [0.29, 0.717) is 11.1 Å². The maximum Gasteiger partial charge on any atom is 0.133 e. The Morgan fingerprint density at radius 2 is 1.87 bits per heavy atom. The van der Waals surface area contributed by atoms with Crippen molar-refractivity contribution in [3.63, 3.8) is 0 Å². The van der Waals surface area contributed by atoms with E-state index in [1.165, 1.54) is 0 Å². The highest BCUT2D eigenvalue weighted by Crippen LogP contribution is 2.21. The molecule has 0 aliphatic carbocycles. The van der Waals surface area contributed by atoms with Crippen molar-refractivity contribution >= 4 is 11.6 Å². The van der Waals surface area contributed by atoms with Crippen LogP contribution in [0.15, 0.2) is 36.4 Å². The van der Waals surface area contributed by atoms with Gasteiger partial charge in [0.1, 0.15) is 5.15 Å². The largest absolute Gasteiger partial charge is 0.222 e. The minimum Gasteiger partial charge on any atom is -0.222 e. The molecule has 3 heteroatoms. The molecule has 0 saturated heterocycles. The van der Waals surface area contributed by atoms with E-state index in [0.717, 1.165) is 11.4 Å². The third kappa shape index (κ3) is 2.05. The summed E-state index contributed by atoms with van der Waals surface area (Å²) in [5, 5.41) is 5.12. The van der Waals surface area contributed by atoms with Crippen molar-refractivity contribution in [1.29, 1.82) is 0 Å². The van der Waals surface area contributed by atoms with Crippen molar-refractivity contribution in [3.8, 4) is 5.69 Å². The molecule has 15 heavy (non-hydrogen) atoms. The van der Waals surface area contributed by atoms with E-state index in [-0.39, 0.29) is 0 Å². The molecule has 1 aromatic carbocycles. The van der Waals surface area contributed by atoms with Crippen LogP contribution in [0.3, 0.4) is 0 Å². The molecular formula is C12H13ClN2. The van der Waals surface area contributed by atoms with Gasteiger partial charge in [-0.05, 0) is 24.1 Å². The van der Waals surface area contributed by atoms with Gasteiger partial charge in [0.2, 0.25) is 0 Å². The lowest BCUT2D eigenvalue weighted by Gasteiger charge is -2.02. The Morgan fingerprint density at radius 1 is 1.20 bits per heavy atom. The topological polar surface area (TPSA) is 17.8 Å². The SMILES string of the molecule is CC(C)c1cc(Cl)n(-c2ccccc2)n1. The van der Waals surface area contributed by atoms with Crippen LogP contribution in [0.4, 0.5) is 0 Å². The average Bonchev–Trinajstić information content (AvgIpc) is 2.62. The first-order chi connectivity index (χ1) is 7.18. The summed E-state index contributed by atoms with van der Waals surface area (Å²) in [7, 11) is 0. The molecule has 0 unspecified atom stereocenters. The molecular weight excluding hydrogens is 208 g/mol. The normalized spacial score (nSPS) is 10.9. The monoisotopic (exact) mass is 220 g/mol. The van der Waals surface area contributed by atoms with Gasteiger partial charge in [-0.3, -0.25) is 0 Å². The molecule has 0 aliphatic heterocycles. The van der Waals surface area contributed by atoms with Crippen LogP contribution in [-0.4, -0.2) is 9.78 Å². The molecule has 0 amide bonds. The summed E-state index contributed by atoms with van der Waals surface area (Å²) in [5.74, 6) is 0.396. The fourth-order valence-corrected chi connectivity index (χ4v) is 1.65. The van der Waals surface area contributed by atoms with Crippen LogP contribution in [0.5, 0.6) is 0 Å². The number of para-hydroxylation sites is 1. The lowest BCUT2D eigenvalue weighted by molar-refractivity contribution is 0.768. The molecule has 0 fully saturated rings. The number of hydrogen-bond acceptors (Lipinski definition) is 1.